The van der Waals surface area contributed by atoms with Crippen LogP contribution in [-0.2, 0) is 0 Å². The summed E-state index contributed by atoms with van der Waals surface area (Å²) in [5.74, 6) is 0.474. The van der Waals surface area contributed by atoms with Crippen LogP contribution in [0.25, 0.3) is 0 Å². The van der Waals surface area contributed by atoms with Crippen molar-refractivity contribution in [2.45, 2.75) is 0 Å². The molecule has 1 aromatic carbocycles. The van der Waals surface area contributed by atoms with Crippen LogP contribution in [0.3, 0.4) is 0 Å². The molecule has 0 unspecified atom stereocenters. The first-order chi connectivity index (χ1) is 8.11. The van der Waals surface area contributed by atoms with E-state index < -0.39 is 0 Å². The largest absolute Gasteiger partial charge is 0.491 e. The average molecular weight is 237 g/mol. The van der Waals surface area contributed by atoms with Crippen molar-refractivity contribution in [2.75, 3.05) is 13.2 Å². The molecule has 0 bridgehead atoms. The van der Waals surface area contributed by atoms with Gasteiger partial charge in [-0.05, 0) is 24.3 Å². The van der Waals surface area contributed by atoms with Crippen LogP contribution < -0.4 is 21.9 Å². The summed E-state index contributed by atoms with van der Waals surface area (Å²) in [6.45, 7) is 0.218. The first-order valence-electron chi connectivity index (χ1n) is 4.89. The van der Waals surface area contributed by atoms with Gasteiger partial charge in [0, 0.05) is 0 Å². The summed E-state index contributed by atoms with van der Waals surface area (Å²) in [4.78, 5) is 7.54. The van der Waals surface area contributed by atoms with Crippen molar-refractivity contribution < 1.29 is 9.84 Å². The summed E-state index contributed by atoms with van der Waals surface area (Å²) in [6.07, 6.45) is 0. The Bertz CT molecular complexity index is 409. The number of benzene rings is 1. The predicted molar refractivity (Wildman–Crippen MR) is 66.1 cm³/mol. The number of nitrogens with two attached hydrogens (primary N) is 3. The maximum Gasteiger partial charge on any atom is 0.223 e. The molecule has 0 aromatic heterocycles. The number of guanidine groups is 2. The fourth-order valence-corrected chi connectivity index (χ4v) is 1.07. The van der Waals surface area contributed by atoms with Gasteiger partial charge in [0.25, 0.3) is 0 Å². The Morgan fingerprint density at radius 2 is 1.82 bits per heavy atom. The Balaban J connectivity index is 2.71. The maximum atomic E-state index is 8.58. The van der Waals surface area contributed by atoms with E-state index in [-0.39, 0.29) is 25.1 Å². The molecule has 0 radical (unpaired) electrons. The van der Waals surface area contributed by atoms with Gasteiger partial charge >= 0.3 is 0 Å². The second-order valence-corrected chi connectivity index (χ2v) is 3.07. The van der Waals surface area contributed by atoms with Gasteiger partial charge in [-0.25, -0.2) is 4.99 Å². The van der Waals surface area contributed by atoms with E-state index in [2.05, 4.69) is 9.98 Å². The molecule has 1 rings (SSSR count). The Labute approximate surface area is 98.6 Å². The monoisotopic (exact) mass is 237 g/mol. The molecule has 0 amide bonds. The van der Waals surface area contributed by atoms with Gasteiger partial charge in [0.05, 0.1) is 12.3 Å². The quantitative estimate of drug-likeness (QED) is 0.405. The molecule has 0 spiro atoms. The minimum Gasteiger partial charge on any atom is -0.491 e. The molecule has 0 aliphatic carbocycles. The van der Waals surface area contributed by atoms with Crippen LogP contribution >= 0.6 is 0 Å². The van der Waals surface area contributed by atoms with Crippen LogP contribution in [-0.4, -0.2) is 30.2 Å². The third kappa shape index (κ3) is 4.85. The summed E-state index contributed by atoms with van der Waals surface area (Å²) in [5, 5.41) is 8.58. The zero-order chi connectivity index (χ0) is 12.7. The summed E-state index contributed by atoms with van der Waals surface area (Å²) in [7, 11) is 0. The Morgan fingerprint density at radius 1 is 1.18 bits per heavy atom. The summed E-state index contributed by atoms with van der Waals surface area (Å²) >= 11 is 0. The van der Waals surface area contributed by atoms with Crippen molar-refractivity contribution in [3.05, 3.63) is 24.3 Å². The zero-order valence-corrected chi connectivity index (χ0v) is 9.21. The van der Waals surface area contributed by atoms with E-state index in [1.807, 2.05) is 0 Å². The second-order valence-electron chi connectivity index (χ2n) is 3.07. The molecule has 7 N–H and O–H groups in total. The first kappa shape index (κ1) is 12.8. The van der Waals surface area contributed by atoms with Crippen molar-refractivity contribution in [1.29, 1.82) is 0 Å². The Morgan fingerprint density at radius 3 is 2.35 bits per heavy atom. The normalized spacial score (nSPS) is 11.0. The fraction of sp³-hybridized carbons (Fsp3) is 0.200. The van der Waals surface area contributed by atoms with Gasteiger partial charge in [0.15, 0.2) is 5.96 Å². The lowest BCUT2D eigenvalue weighted by Crippen LogP contribution is -2.26. The zero-order valence-electron chi connectivity index (χ0n) is 9.21. The van der Waals surface area contributed by atoms with Crippen LogP contribution in [0.5, 0.6) is 5.75 Å². The highest BCUT2D eigenvalue weighted by Gasteiger charge is 1.95. The number of hydrogen-bond donors (Lipinski definition) is 4. The van der Waals surface area contributed by atoms with Crippen LogP contribution in [0.4, 0.5) is 5.69 Å². The second kappa shape index (κ2) is 6.33. The first-order valence-corrected chi connectivity index (χ1v) is 4.89. The standard InChI is InChI=1S/C10H15N5O2/c11-9(12)15-10(13)14-7-1-3-8(4-2-7)17-6-5-16/h1-4,16H,5-6H2,(H6,11,12,13,14,15). The van der Waals surface area contributed by atoms with Crippen molar-refractivity contribution in [1.82, 2.24) is 0 Å². The summed E-state index contributed by atoms with van der Waals surface area (Å²) in [6, 6.07) is 6.80. The molecule has 92 valence electrons. The molecule has 7 nitrogen and oxygen atoms in total. The topological polar surface area (TPSA) is 132 Å². The van der Waals surface area contributed by atoms with Crippen LogP contribution in [0.2, 0.25) is 0 Å². The van der Waals surface area contributed by atoms with Crippen LogP contribution in [0.15, 0.2) is 34.3 Å². The molecule has 0 heterocycles. The molecular weight excluding hydrogens is 222 g/mol. The van der Waals surface area contributed by atoms with Gasteiger partial charge < -0.3 is 27.0 Å². The number of aliphatic hydroxyl groups is 1. The third-order valence-corrected chi connectivity index (χ3v) is 1.68. The van der Waals surface area contributed by atoms with E-state index in [9.17, 15) is 0 Å². The fourth-order valence-electron chi connectivity index (χ4n) is 1.07. The van der Waals surface area contributed by atoms with Gasteiger partial charge in [-0.3, -0.25) is 0 Å². The number of nitrogens with zero attached hydrogens (tertiary/aromatic N) is 2. The Kier molecular flexibility index (Phi) is 4.77. The highest BCUT2D eigenvalue weighted by Crippen LogP contribution is 2.17. The molecule has 0 aliphatic heterocycles. The molecule has 1 aromatic rings. The number of hydrogen-bond acceptors (Lipinski definition) is 3. The average Bonchev–Trinajstić information content (AvgIpc) is 2.27. The smallest absolute Gasteiger partial charge is 0.223 e. The highest BCUT2D eigenvalue weighted by atomic mass is 16.5. The maximum absolute atomic E-state index is 8.58. The van der Waals surface area contributed by atoms with Gasteiger partial charge in [-0.15, -0.1) is 0 Å². The van der Waals surface area contributed by atoms with E-state index in [0.29, 0.717) is 11.4 Å². The molecule has 7 heteroatoms. The van der Waals surface area contributed by atoms with E-state index >= 15 is 0 Å². The SMILES string of the molecule is NC(N)=NC(N)=Nc1ccc(OCCO)cc1. The van der Waals surface area contributed by atoms with Crippen molar-refractivity contribution in [2.24, 2.45) is 27.2 Å². The molecule has 17 heavy (non-hydrogen) atoms. The van der Waals surface area contributed by atoms with Crippen LogP contribution in [0.1, 0.15) is 0 Å². The van der Waals surface area contributed by atoms with E-state index in [0.717, 1.165) is 0 Å². The van der Waals surface area contributed by atoms with Crippen molar-refractivity contribution >= 4 is 17.6 Å². The molecule has 0 aliphatic rings. The minimum atomic E-state index is -0.144. The van der Waals surface area contributed by atoms with Gasteiger partial charge in [0.2, 0.25) is 5.96 Å². The molecule has 0 atom stereocenters. The molecule has 0 saturated heterocycles. The lowest BCUT2D eigenvalue weighted by atomic mass is 10.3. The lowest BCUT2D eigenvalue weighted by Gasteiger charge is -2.03. The molecular formula is C10H15N5O2. The van der Waals surface area contributed by atoms with E-state index in [1.165, 1.54) is 0 Å². The number of rotatable bonds is 4. The lowest BCUT2D eigenvalue weighted by molar-refractivity contribution is 0.201. The van der Waals surface area contributed by atoms with Gasteiger partial charge in [0.1, 0.15) is 12.4 Å². The van der Waals surface area contributed by atoms with Crippen LogP contribution in [0, 0.1) is 0 Å². The van der Waals surface area contributed by atoms with Gasteiger partial charge in [-0.2, -0.15) is 4.99 Å². The van der Waals surface area contributed by atoms with Gasteiger partial charge in [-0.1, -0.05) is 0 Å². The van der Waals surface area contributed by atoms with Crippen molar-refractivity contribution in [3.8, 4) is 5.75 Å². The third-order valence-electron chi connectivity index (χ3n) is 1.68. The Hall–Kier alpha value is -2.28. The van der Waals surface area contributed by atoms with E-state index in [4.69, 9.17) is 27.0 Å². The van der Waals surface area contributed by atoms with E-state index in [1.54, 1.807) is 24.3 Å². The minimum absolute atomic E-state index is 0.0194. The summed E-state index contributed by atoms with van der Waals surface area (Å²) in [5.41, 5.74) is 16.4. The summed E-state index contributed by atoms with van der Waals surface area (Å²) < 4.78 is 5.18. The predicted octanol–water partition coefficient (Wildman–Crippen LogP) is -0.723. The highest BCUT2D eigenvalue weighted by molar-refractivity contribution is 5.93. The molecule has 0 saturated carbocycles. The number of aliphatic imine (C=N–C) groups is 2. The number of ether oxygens (including phenoxy) is 1. The number of aliphatic hydroxyl groups excluding tert-OH is 1. The van der Waals surface area contributed by atoms with Crippen molar-refractivity contribution in [3.63, 3.8) is 0 Å². The molecule has 0 fully saturated rings.